The van der Waals surface area contributed by atoms with E-state index in [2.05, 4.69) is 5.92 Å². The van der Waals surface area contributed by atoms with E-state index >= 15 is 0 Å². The summed E-state index contributed by atoms with van der Waals surface area (Å²) in [4.78, 5) is 0. The molecule has 0 unspecified atom stereocenters. The third kappa shape index (κ3) is 2.37. The second-order valence-corrected chi connectivity index (χ2v) is 2.66. The zero-order chi connectivity index (χ0) is 10.4. The monoisotopic (exact) mass is 190 g/mol. The minimum absolute atomic E-state index is 0.111. The Kier molecular flexibility index (Phi) is 3.75. The van der Waals surface area contributed by atoms with Crippen LogP contribution in [0.25, 0.3) is 0 Å². The van der Waals surface area contributed by atoms with Crippen LogP contribution >= 0.6 is 0 Å². The van der Waals surface area contributed by atoms with Crippen molar-refractivity contribution in [3.05, 3.63) is 41.9 Å². The summed E-state index contributed by atoms with van der Waals surface area (Å²) in [5.74, 6) is 2.03. The maximum Gasteiger partial charge on any atom is 0.177 e. The van der Waals surface area contributed by atoms with Gasteiger partial charge in [0.1, 0.15) is 0 Å². The number of allylic oxidation sites excluding steroid dienone is 1. The fourth-order valence-electron chi connectivity index (χ4n) is 0.955. The molecule has 2 heteroatoms. The number of para-hydroxylation sites is 1. The molecule has 0 heterocycles. The van der Waals surface area contributed by atoms with Gasteiger partial charge in [0.05, 0.1) is 11.8 Å². The summed E-state index contributed by atoms with van der Waals surface area (Å²) in [6, 6.07) is 4.51. The Labute approximate surface area is 83.2 Å². The van der Waals surface area contributed by atoms with Gasteiger partial charge in [-0.1, -0.05) is 18.9 Å². The first-order chi connectivity index (χ1) is 6.79. The molecule has 72 valence electrons. The number of hydrogen-bond acceptors (Lipinski definition) is 1. The van der Waals surface area contributed by atoms with Crippen molar-refractivity contribution in [3.63, 3.8) is 0 Å². The summed E-state index contributed by atoms with van der Waals surface area (Å²) in [5.41, 5.74) is 0.422. The molecule has 0 saturated heterocycles. The maximum atomic E-state index is 13.2. The van der Waals surface area contributed by atoms with Crippen LogP contribution < -0.4 is 4.74 Å². The Morgan fingerprint density at radius 3 is 3.00 bits per heavy atom. The van der Waals surface area contributed by atoms with Crippen molar-refractivity contribution in [2.75, 3.05) is 0 Å². The fourth-order valence-corrected chi connectivity index (χ4v) is 0.955. The van der Waals surface area contributed by atoms with Crippen molar-refractivity contribution < 1.29 is 9.13 Å². The molecule has 1 rings (SSSR count). The van der Waals surface area contributed by atoms with Gasteiger partial charge in [-0.2, -0.15) is 0 Å². The molecule has 0 aliphatic heterocycles. The maximum absolute atomic E-state index is 13.2. The van der Waals surface area contributed by atoms with Crippen LogP contribution in [0.2, 0.25) is 0 Å². The fraction of sp³-hybridized carbons (Fsp3) is 0.167. The van der Waals surface area contributed by atoms with Crippen LogP contribution in [0.1, 0.15) is 18.9 Å². The quantitative estimate of drug-likeness (QED) is 0.525. The van der Waals surface area contributed by atoms with Crippen molar-refractivity contribution in [1.82, 2.24) is 0 Å². The van der Waals surface area contributed by atoms with Gasteiger partial charge in [-0.25, -0.2) is 4.39 Å². The second kappa shape index (κ2) is 5.08. The van der Waals surface area contributed by atoms with E-state index in [-0.39, 0.29) is 5.75 Å². The van der Waals surface area contributed by atoms with Crippen molar-refractivity contribution >= 4 is 0 Å². The van der Waals surface area contributed by atoms with E-state index in [1.807, 2.05) is 6.92 Å². The Bertz CT molecular complexity index is 374. The van der Waals surface area contributed by atoms with E-state index in [1.165, 1.54) is 12.3 Å². The summed E-state index contributed by atoms with van der Waals surface area (Å²) in [7, 11) is 0. The summed E-state index contributed by atoms with van der Waals surface area (Å²) in [5, 5.41) is 0. The van der Waals surface area contributed by atoms with Crippen LogP contribution in [-0.2, 0) is 0 Å². The molecular formula is C12H11FO. The molecule has 0 fully saturated rings. The van der Waals surface area contributed by atoms with E-state index in [1.54, 1.807) is 18.2 Å². The van der Waals surface area contributed by atoms with E-state index in [0.29, 0.717) is 5.56 Å². The molecule has 0 spiro atoms. The highest BCUT2D eigenvalue weighted by molar-refractivity contribution is 5.45. The normalized spacial score (nSPS) is 10.1. The van der Waals surface area contributed by atoms with Crippen molar-refractivity contribution in [3.8, 4) is 18.1 Å². The third-order valence-electron chi connectivity index (χ3n) is 1.64. The number of rotatable bonds is 3. The van der Waals surface area contributed by atoms with Crippen LogP contribution in [-0.4, -0.2) is 0 Å². The lowest BCUT2D eigenvalue weighted by Gasteiger charge is -2.03. The molecule has 0 bridgehead atoms. The first-order valence-electron chi connectivity index (χ1n) is 4.36. The molecule has 1 aromatic carbocycles. The smallest absolute Gasteiger partial charge is 0.177 e. The van der Waals surface area contributed by atoms with Gasteiger partial charge in [-0.05, 0) is 24.6 Å². The lowest BCUT2D eigenvalue weighted by Crippen LogP contribution is -1.90. The number of hydrogen-bond donors (Lipinski definition) is 0. The van der Waals surface area contributed by atoms with Gasteiger partial charge in [-0.15, -0.1) is 6.42 Å². The van der Waals surface area contributed by atoms with Crippen LogP contribution in [0.5, 0.6) is 5.75 Å². The first kappa shape index (κ1) is 10.3. The molecule has 0 radical (unpaired) electrons. The molecule has 0 N–H and O–H groups in total. The number of terminal acetylenes is 1. The molecule has 0 aliphatic rings. The Morgan fingerprint density at radius 1 is 1.57 bits per heavy atom. The van der Waals surface area contributed by atoms with Crippen LogP contribution in [0.15, 0.2) is 30.5 Å². The highest BCUT2D eigenvalue weighted by Gasteiger charge is 2.06. The predicted octanol–water partition coefficient (Wildman–Crippen LogP) is 3.11. The predicted molar refractivity (Wildman–Crippen MR) is 54.4 cm³/mol. The van der Waals surface area contributed by atoms with Gasteiger partial charge in [0.2, 0.25) is 0 Å². The SMILES string of the molecule is C#Cc1cccc(F)c1OC=CCC. The van der Waals surface area contributed by atoms with Gasteiger partial charge < -0.3 is 4.74 Å². The van der Waals surface area contributed by atoms with Gasteiger partial charge in [0, 0.05) is 0 Å². The van der Waals surface area contributed by atoms with E-state index in [0.717, 1.165) is 6.42 Å². The van der Waals surface area contributed by atoms with Gasteiger partial charge in [0.15, 0.2) is 11.6 Å². The van der Waals surface area contributed by atoms with Crippen LogP contribution in [0, 0.1) is 18.2 Å². The van der Waals surface area contributed by atoms with E-state index in [9.17, 15) is 4.39 Å². The first-order valence-corrected chi connectivity index (χ1v) is 4.36. The Balaban J connectivity index is 2.95. The van der Waals surface area contributed by atoms with Crippen molar-refractivity contribution in [2.45, 2.75) is 13.3 Å². The number of halogens is 1. The highest BCUT2D eigenvalue weighted by atomic mass is 19.1. The Morgan fingerprint density at radius 2 is 2.36 bits per heavy atom. The minimum Gasteiger partial charge on any atom is -0.461 e. The molecule has 14 heavy (non-hydrogen) atoms. The van der Waals surface area contributed by atoms with Crippen molar-refractivity contribution in [1.29, 1.82) is 0 Å². The molecular weight excluding hydrogens is 179 g/mol. The van der Waals surface area contributed by atoms with Crippen LogP contribution in [0.3, 0.4) is 0 Å². The van der Waals surface area contributed by atoms with Gasteiger partial charge in [-0.3, -0.25) is 0 Å². The molecule has 0 aromatic heterocycles. The molecule has 0 atom stereocenters. The minimum atomic E-state index is -0.443. The largest absolute Gasteiger partial charge is 0.461 e. The summed E-state index contributed by atoms with van der Waals surface area (Å²) in [6.45, 7) is 1.96. The number of ether oxygens (including phenoxy) is 1. The number of benzene rings is 1. The van der Waals surface area contributed by atoms with E-state index in [4.69, 9.17) is 11.2 Å². The third-order valence-corrected chi connectivity index (χ3v) is 1.64. The zero-order valence-corrected chi connectivity index (χ0v) is 7.96. The Hall–Kier alpha value is -1.75. The summed E-state index contributed by atoms with van der Waals surface area (Å²) >= 11 is 0. The molecule has 0 aliphatic carbocycles. The average molecular weight is 190 g/mol. The standard InChI is InChI=1S/C12H11FO/c1-3-5-9-14-12-10(4-2)7-6-8-11(12)13/h2,5-9H,3H2,1H3. The van der Waals surface area contributed by atoms with Gasteiger partial charge >= 0.3 is 0 Å². The average Bonchev–Trinajstić information content (AvgIpc) is 2.20. The lowest BCUT2D eigenvalue weighted by atomic mass is 10.2. The zero-order valence-electron chi connectivity index (χ0n) is 7.96. The molecule has 0 amide bonds. The highest BCUT2D eigenvalue weighted by Crippen LogP contribution is 2.21. The van der Waals surface area contributed by atoms with Crippen LogP contribution in [0.4, 0.5) is 4.39 Å². The summed E-state index contributed by atoms with van der Waals surface area (Å²) < 4.78 is 18.3. The van der Waals surface area contributed by atoms with Crippen molar-refractivity contribution in [2.24, 2.45) is 0 Å². The molecule has 1 nitrogen and oxygen atoms in total. The molecule has 1 aromatic rings. The van der Waals surface area contributed by atoms with E-state index < -0.39 is 5.82 Å². The lowest BCUT2D eigenvalue weighted by molar-refractivity contribution is 0.438. The topological polar surface area (TPSA) is 9.23 Å². The second-order valence-electron chi connectivity index (χ2n) is 2.66. The van der Waals surface area contributed by atoms with Gasteiger partial charge in [0.25, 0.3) is 0 Å². The summed E-state index contributed by atoms with van der Waals surface area (Å²) in [6.07, 6.45) is 9.26. The molecule has 0 saturated carbocycles.